The monoisotopic (exact) mass is 320 g/mol. The summed E-state index contributed by atoms with van der Waals surface area (Å²) in [7, 11) is 0. The number of aliphatic hydroxyl groups excluding tert-OH is 1. The molecule has 128 valence electrons. The van der Waals surface area contributed by atoms with Gasteiger partial charge in [0.25, 0.3) is 0 Å². The summed E-state index contributed by atoms with van der Waals surface area (Å²) < 4.78 is 5.61. The van der Waals surface area contributed by atoms with Gasteiger partial charge in [-0.05, 0) is 50.8 Å². The van der Waals surface area contributed by atoms with Crippen molar-refractivity contribution in [3.05, 3.63) is 29.8 Å². The number of aliphatic hydroxyl groups is 1. The molecule has 1 saturated heterocycles. The number of nitrogens with one attached hydrogen (secondary N) is 1. The number of likely N-dealkylation sites (tertiary alicyclic amines) is 1. The quantitative estimate of drug-likeness (QED) is 0.801. The van der Waals surface area contributed by atoms with Gasteiger partial charge >= 0.3 is 0 Å². The third-order valence-electron chi connectivity index (χ3n) is 3.96. The highest BCUT2D eigenvalue weighted by molar-refractivity contribution is 5.78. The van der Waals surface area contributed by atoms with Gasteiger partial charge in [0.15, 0.2) is 0 Å². The fourth-order valence-electron chi connectivity index (χ4n) is 2.69. The first-order chi connectivity index (χ1) is 11.0. The maximum absolute atomic E-state index is 11.9. The van der Waals surface area contributed by atoms with E-state index in [4.69, 9.17) is 4.74 Å². The third-order valence-corrected chi connectivity index (χ3v) is 3.96. The lowest BCUT2D eigenvalue weighted by Crippen LogP contribution is -2.42. The van der Waals surface area contributed by atoms with Crippen LogP contribution in [-0.4, -0.2) is 54.3 Å². The average molecular weight is 320 g/mol. The van der Waals surface area contributed by atoms with Crippen LogP contribution < -0.4 is 10.1 Å². The van der Waals surface area contributed by atoms with Crippen molar-refractivity contribution in [1.29, 1.82) is 0 Å². The molecule has 0 saturated carbocycles. The molecular weight excluding hydrogens is 292 g/mol. The zero-order valence-electron chi connectivity index (χ0n) is 14.1. The van der Waals surface area contributed by atoms with Crippen molar-refractivity contribution in [3.63, 3.8) is 0 Å². The molecule has 0 aliphatic carbocycles. The van der Waals surface area contributed by atoms with Crippen LogP contribution in [0.1, 0.15) is 32.3 Å². The van der Waals surface area contributed by atoms with Crippen molar-refractivity contribution in [2.75, 3.05) is 26.2 Å². The van der Waals surface area contributed by atoms with E-state index >= 15 is 0 Å². The molecule has 23 heavy (non-hydrogen) atoms. The summed E-state index contributed by atoms with van der Waals surface area (Å²) in [5.41, 5.74) is 1.18. The van der Waals surface area contributed by atoms with Crippen molar-refractivity contribution in [2.24, 2.45) is 0 Å². The largest absolute Gasteiger partial charge is 0.491 e. The number of carbonyl (C=O) groups is 1. The Balaban J connectivity index is 1.65. The lowest BCUT2D eigenvalue weighted by molar-refractivity contribution is -0.122. The number of nitrogens with zero attached hydrogens (tertiary/aromatic N) is 1. The highest BCUT2D eigenvalue weighted by atomic mass is 16.5. The first kappa shape index (κ1) is 17.8. The predicted octanol–water partition coefficient (Wildman–Crippen LogP) is 1.59. The summed E-state index contributed by atoms with van der Waals surface area (Å²) in [5.74, 6) is 0.932. The second-order valence-electron chi connectivity index (χ2n) is 6.42. The zero-order chi connectivity index (χ0) is 16.7. The number of hydrogen-bond acceptors (Lipinski definition) is 4. The predicted molar refractivity (Wildman–Crippen MR) is 90.6 cm³/mol. The molecule has 2 rings (SSSR count). The van der Waals surface area contributed by atoms with Crippen LogP contribution in [0.4, 0.5) is 0 Å². The molecule has 0 bridgehead atoms. The van der Waals surface area contributed by atoms with Crippen molar-refractivity contribution in [2.45, 2.75) is 45.3 Å². The normalized spacial score (nSPS) is 16.5. The van der Waals surface area contributed by atoms with Crippen LogP contribution in [0, 0.1) is 0 Å². The van der Waals surface area contributed by atoms with E-state index in [0.29, 0.717) is 13.1 Å². The minimum absolute atomic E-state index is 0.0566. The van der Waals surface area contributed by atoms with Crippen molar-refractivity contribution in [3.8, 4) is 5.75 Å². The van der Waals surface area contributed by atoms with Gasteiger partial charge < -0.3 is 15.2 Å². The van der Waals surface area contributed by atoms with Gasteiger partial charge in [-0.25, -0.2) is 0 Å². The second-order valence-corrected chi connectivity index (χ2v) is 6.42. The van der Waals surface area contributed by atoms with Gasteiger partial charge in [-0.15, -0.1) is 0 Å². The molecule has 0 radical (unpaired) electrons. The molecule has 1 aromatic carbocycles. The molecule has 1 heterocycles. The molecule has 0 atom stereocenters. The summed E-state index contributed by atoms with van der Waals surface area (Å²) >= 11 is 0. The highest BCUT2D eigenvalue weighted by Crippen LogP contribution is 2.14. The Hall–Kier alpha value is -1.59. The Labute approximate surface area is 138 Å². The van der Waals surface area contributed by atoms with Crippen molar-refractivity contribution >= 4 is 5.91 Å². The standard InChI is InChI=1S/C18H28N2O3/c1-14(2)23-17-5-3-15(4-6-17)7-10-19-18(22)13-20-11-8-16(21)9-12-20/h3-6,14,16,21H,7-13H2,1-2H3,(H,19,22). The fourth-order valence-corrected chi connectivity index (χ4v) is 2.69. The molecular formula is C18H28N2O3. The van der Waals surface area contributed by atoms with Crippen LogP contribution in [0.3, 0.4) is 0 Å². The van der Waals surface area contributed by atoms with E-state index in [9.17, 15) is 9.90 Å². The summed E-state index contributed by atoms with van der Waals surface area (Å²) in [4.78, 5) is 14.0. The van der Waals surface area contributed by atoms with E-state index in [1.807, 2.05) is 38.1 Å². The van der Waals surface area contributed by atoms with Crippen LogP contribution in [0.5, 0.6) is 5.75 Å². The number of rotatable bonds is 7. The molecule has 5 nitrogen and oxygen atoms in total. The summed E-state index contributed by atoms with van der Waals surface area (Å²) in [6.07, 6.45) is 2.32. The molecule has 0 unspecified atom stereocenters. The minimum atomic E-state index is -0.197. The molecule has 1 aliphatic rings. The average Bonchev–Trinajstić information content (AvgIpc) is 2.51. The van der Waals surface area contributed by atoms with Crippen LogP contribution in [-0.2, 0) is 11.2 Å². The van der Waals surface area contributed by atoms with Crippen molar-refractivity contribution < 1.29 is 14.6 Å². The Morgan fingerprint density at radius 2 is 1.96 bits per heavy atom. The summed E-state index contributed by atoms with van der Waals surface area (Å²) in [6.45, 7) is 6.67. The van der Waals surface area contributed by atoms with Gasteiger partial charge in [0.05, 0.1) is 18.8 Å². The van der Waals surface area contributed by atoms with Crippen LogP contribution >= 0.6 is 0 Å². The van der Waals surface area contributed by atoms with Gasteiger partial charge in [0.1, 0.15) is 5.75 Å². The lowest BCUT2D eigenvalue weighted by Gasteiger charge is -2.28. The zero-order valence-corrected chi connectivity index (χ0v) is 14.1. The number of hydrogen-bond donors (Lipinski definition) is 2. The fraction of sp³-hybridized carbons (Fsp3) is 0.611. The minimum Gasteiger partial charge on any atom is -0.491 e. The van der Waals surface area contributed by atoms with Gasteiger partial charge in [0, 0.05) is 19.6 Å². The summed E-state index contributed by atoms with van der Waals surface area (Å²) in [6, 6.07) is 8.01. The number of amides is 1. The van der Waals surface area contributed by atoms with Gasteiger partial charge in [-0.2, -0.15) is 0 Å². The molecule has 1 aromatic rings. The van der Waals surface area contributed by atoms with Gasteiger partial charge in [-0.3, -0.25) is 9.69 Å². The molecule has 1 amide bonds. The Morgan fingerprint density at radius 1 is 1.30 bits per heavy atom. The third kappa shape index (κ3) is 6.59. The van der Waals surface area contributed by atoms with Gasteiger partial charge in [0.2, 0.25) is 5.91 Å². The van der Waals surface area contributed by atoms with E-state index < -0.39 is 0 Å². The SMILES string of the molecule is CC(C)Oc1ccc(CCNC(=O)CN2CCC(O)CC2)cc1. The van der Waals surface area contributed by atoms with E-state index in [0.717, 1.165) is 38.1 Å². The number of carbonyl (C=O) groups excluding carboxylic acids is 1. The number of benzene rings is 1. The smallest absolute Gasteiger partial charge is 0.234 e. The first-order valence-corrected chi connectivity index (χ1v) is 8.45. The maximum Gasteiger partial charge on any atom is 0.234 e. The highest BCUT2D eigenvalue weighted by Gasteiger charge is 2.18. The Bertz CT molecular complexity index is 480. The molecule has 0 spiro atoms. The number of ether oxygens (including phenoxy) is 1. The molecule has 0 aromatic heterocycles. The Morgan fingerprint density at radius 3 is 2.57 bits per heavy atom. The van der Waals surface area contributed by atoms with Crippen LogP contribution in [0.15, 0.2) is 24.3 Å². The maximum atomic E-state index is 11.9. The lowest BCUT2D eigenvalue weighted by atomic mass is 10.1. The molecule has 5 heteroatoms. The van der Waals surface area contributed by atoms with Gasteiger partial charge in [-0.1, -0.05) is 12.1 Å². The van der Waals surface area contributed by atoms with E-state index in [2.05, 4.69) is 10.2 Å². The molecule has 1 aliphatic heterocycles. The van der Waals surface area contributed by atoms with Crippen molar-refractivity contribution in [1.82, 2.24) is 10.2 Å². The first-order valence-electron chi connectivity index (χ1n) is 8.45. The number of piperidine rings is 1. The second kappa shape index (κ2) is 8.89. The Kier molecular flexibility index (Phi) is 6.86. The van der Waals surface area contributed by atoms with E-state index in [1.165, 1.54) is 5.56 Å². The van der Waals surface area contributed by atoms with E-state index in [1.54, 1.807) is 0 Å². The van der Waals surface area contributed by atoms with Crippen LogP contribution in [0.2, 0.25) is 0 Å². The van der Waals surface area contributed by atoms with E-state index in [-0.39, 0.29) is 18.1 Å². The molecule has 1 fully saturated rings. The molecule has 2 N–H and O–H groups in total. The topological polar surface area (TPSA) is 61.8 Å². The van der Waals surface area contributed by atoms with Crippen LogP contribution in [0.25, 0.3) is 0 Å². The summed E-state index contributed by atoms with van der Waals surface area (Å²) in [5, 5.41) is 12.4.